The van der Waals surface area contributed by atoms with Crippen LogP contribution in [0, 0.1) is 12.3 Å². The zero-order valence-electron chi connectivity index (χ0n) is 9.85. The molecule has 1 aromatic rings. The van der Waals surface area contributed by atoms with Gasteiger partial charge in [-0.3, -0.25) is 0 Å². The van der Waals surface area contributed by atoms with E-state index in [9.17, 15) is 0 Å². The molecule has 0 aromatic carbocycles. The highest BCUT2D eigenvalue weighted by atomic mass is 32.1. The van der Waals surface area contributed by atoms with Crippen molar-refractivity contribution in [2.75, 3.05) is 0 Å². The van der Waals surface area contributed by atoms with Gasteiger partial charge in [0.2, 0.25) is 0 Å². The van der Waals surface area contributed by atoms with E-state index in [1.807, 2.05) is 11.3 Å². The molecule has 0 spiro atoms. The second-order valence-electron chi connectivity index (χ2n) is 5.00. The standard InChI is InChI=1S/C12H21NS/c1-9-6-7-14-11(9)8-13-10(2)12(3,4)5/h6-7,10,13H,8H2,1-5H3. The van der Waals surface area contributed by atoms with Gasteiger partial charge in [-0.05, 0) is 36.3 Å². The van der Waals surface area contributed by atoms with Crippen LogP contribution in [0.5, 0.6) is 0 Å². The lowest BCUT2D eigenvalue weighted by Gasteiger charge is -2.28. The minimum absolute atomic E-state index is 0.338. The maximum absolute atomic E-state index is 3.58. The molecule has 2 heteroatoms. The van der Waals surface area contributed by atoms with Gasteiger partial charge in [-0.1, -0.05) is 20.8 Å². The summed E-state index contributed by atoms with van der Waals surface area (Å²) in [4.78, 5) is 1.46. The van der Waals surface area contributed by atoms with Crippen molar-refractivity contribution in [3.63, 3.8) is 0 Å². The van der Waals surface area contributed by atoms with Gasteiger partial charge in [0, 0.05) is 17.5 Å². The highest BCUT2D eigenvalue weighted by Gasteiger charge is 2.19. The Morgan fingerprint density at radius 3 is 2.50 bits per heavy atom. The number of aryl methyl sites for hydroxylation is 1. The van der Waals surface area contributed by atoms with Gasteiger partial charge in [-0.15, -0.1) is 11.3 Å². The first kappa shape index (κ1) is 11.7. The summed E-state index contributed by atoms with van der Waals surface area (Å²) in [5.74, 6) is 0. The van der Waals surface area contributed by atoms with Crippen molar-refractivity contribution >= 4 is 11.3 Å². The molecule has 0 aliphatic rings. The minimum Gasteiger partial charge on any atom is -0.309 e. The number of rotatable bonds is 3. The van der Waals surface area contributed by atoms with Crippen LogP contribution in [0.3, 0.4) is 0 Å². The molecule has 0 amide bonds. The Labute approximate surface area is 91.5 Å². The summed E-state index contributed by atoms with van der Waals surface area (Å²) in [6, 6.07) is 2.73. The van der Waals surface area contributed by atoms with E-state index in [-0.39, 0.29) is 0 Å². The first-order valence-electron chi connectivity index (χ1n) is 5.17. The van der Waals surface area contributed by atoms with E-state index in [1.165, 1.54) is 10.4 Å². The van der Waals surface area contributed by atoms with Crippen LogP contribution in [0.25, 0.3) is 0 Å². The first-order chi connectivity index (χ1) is 6.41. The summed E-state index contributed by atoms with van der Waals surface area (Å²) in [6.45, 7) is 12.2. The Kier molecular flexibility index (Phi) is 3.73. The third-order valence-electron chi connectivity index (χ3n) is 2.84. The van der Waals surface area contributed by atoms with Crippen LogP contribution in [0.1, 0.15) is 38.1 Å². The molecular weight excluding hydrogens is 190 g/mol. The monoisotopic (exact) mass is 211 g/mol. The molecule has 1 unspecified atom stereocenters. The molecule has 14 heavy (non-hydrogen) atoms. The van der Waals surface area contributed by atoms with E-state index in [2.05, 4.69) is 51.4 Å². The molecule has 0 radical (unpaired) electrons. The summed E-state index contributed by atoms with van der Waals surface area (Å²) >= 11 is 1.84. The molecule has 1 atom stereocenters. The fraction of sp³-hybridized carbons (Fsp3) is 0.667. The van der Waals surface area contributed by atoms with Crippen molar-refractivity contribution in [3.05, 3.63) is 21.9 Å². The Bertz CT molecular complexity index is 283. The van der Waals surface area contributed by atoms with Crippen LogP contribution in [0.4, 0.5) is 0 Å². The van der Waals surface area contributed by atoms with E-state index in [0.29, 0.717) is 11.5 Å². The molecule has 0 aliphatic carbocycles. The Balaban J connectivity index is 2.46. The van der Waals surface area contributed by atoms with Crippen LogP contribution >= 0.6 is 11.3 Å². The second-order valence-corrected chi connectivity index (χ2v) is 6.00. The molecule has 1 aromatic heterocycles. The van der Waals surface area contributed by atoms with Crippen molar-refractivity contribution in [3.8, 4) is 0 Å². The van der Waals surface area contributed by atoms with E-state index < -0.39 is 0 Å². The minimum atomic E-state index is 0.338. The zero-order valence-corrected chi connectivity index (χ0v) is 10.7. The molecule has 1 heterocycles. The number of nitrogens with one attached hydrogen (secondary N) is 1. The van der Waals surface area contributed by atoms with E-state index in [1.54, 1.807) is 0 Å². The van der Waals surface area contributed by atoms with Gasteiger partial charge in [0.1, 0.15) is 0 Å². The highest BCUT2D eigenvalue weighted by molar-refractivity contribution is 7.10. The third kappa shape index (κ3) is 3.10. The Morgan fingerprint density at radius 1 is 1.43 bits per heavy atom. The maximum Gasteiger partial charge on any atom is 0.0305 e. The Morgan fingerprint density at radius 2 is 2.07 bits per heavy atom. The predicted octanol–water partition coefficient (Wildman–Crippen LogP) is 3.58. The average molecular weight is 211 g/mol. The van der Waals surface area contributed by atoms with E-state index >= 15 is 0 Å². The summed E-state index contributed by atoms with van der Waals surface area (Å²) in [5, 5.41) is 5.74. The molecule has 0 bridgehead atoms. The van der Waals surface area contributed by atoms with Crippen LogP contribution < -0.4 is 5.32 Å². The van der Waals surface area contributed by atoms with Crippen molar-refractivity contribution in [2.24, 2.45) is 5.41 Å². The average Bonchev–Trinajstić information content (AvgIpc) is 2.45. The lowest BCUT2D eigenvalue weighted by molar-refractivity contribution is 0.285. The molecule has 80 valence electrons. The SMILES string of the molecule is Cc1ccsc1CNC(C)C(C)(C)C. The third-order valence-corrected chi connectivity index (χ3v) is 3.86. The predicted molar refractivity (Wildman–Crippen MR) is 64.8 cm³/mol. The van der Waals surface area contributed by atoms with Gasteiger partial charge < -0.3 is 5.32 Å². The van der Waals surface area contributed by atoms with Crippen molar-refractivity contribution in [1.29, 1.82) is 0 Å². The molecule has 1 N–H and O–H groups in total. The molecule has 0 fully saturated rings. The largest absolute Gasteiger partial charge is 0.309 e. The summed E-state index contributed by atoms with van der Waals surface area (Å²) in [5.41, 5.74) is 1.74. The van der Waals surface area contributed by atoms with Crippen LogP contribution in [-0.2, 0) is 6.54 Å². The van der Waals surface area contributed by atoms with Gasteiger partial charge in [-0.2, -0.15) is 0 Å². The van der Waals surface area contributed by atoms with E-state index in [0.717, 1.165) is 6.54 Å². The topological polar surface area (TPSA) is 12.0 Å². The lowest BCUT2D eigenvalue weighted by Crippen LogP contribution is -2.37. The molecule has 0 saturated heterocycles. The smallest absolute Gasteiger partial charge is 0.0305 e. The summed E-state index contributed by atoms with van der Waals surface area (Å²) < 4.78 is 0. The number of hydrogen-bond donors (Lipinski definition) is 1. The maximum atomic E-state index is 3.58. The Hall–Kier alpha value is -0.340. The second kappa shape index (κ2) is 4.45. The summed E-state index contributed by atoms with van der Waals surface area (Å²) in [6.07, 6.45) is 0. The van der Waals surface area contributed by atoms with Crippen molar-refractivity contribution < 1.29 is 0 Å². The van der Waals surface area contributed by atoms with Crippen LogP contribution in [0.2, 0.25) is 0 Å². The molecule has 1 nitrogen and oxygen atoms in total. The van der Waals surface area contributed by atoms with Gasteiger partial charge in [0.05, 0.1) is 0 Å². The normalized spacial score (nSPS) is 14.4. The fourth-order valence-corrected chi connectivity index (χ4v) is 1.99. The van der Waals surface area contributed by atoms with E-state index in [4.69, 9.17) is 0 Å². The molecule has 0 saturated carbocycles. The summed E-state index contributed by atoms with van der Waals surface area (Å²) in [7, 11) is 0. The van der Waals surface area contributed by atoms with Gasteiger partial charge in [0.25, 0.3) is 0 Å². The van der Waals surface area contributed by atoms with Crippen LogP contribution in [0.15, 0.2) is 11.4 Å². The molecular formula is C12H21NS. The van der Waals surface area contributed by atoms with Gasteiger partial charge in [-0.25, -0.2) is 0 Å². The van der Waals surface area contributed by atoms with Gasteiger partial charge in [0.15, 0.2) is 0 Å². The van der Waals surface area contributed by atoms with Crippen molar-refractivity contribution in [2.45, 2.75) is 47.2 Å². The number of thiophene rings is 1. The fourth-order valence-electron chi connectivity index (χ4n) is 1.14. The number of hydrogen-bond acceptors (Lipinski definition) is 2. The first-order valence-corrected chi connectivity index (χ1v) is 6.05. The molecule has 1 rings (SSSR count). The quantitative estimate of drug-likeness (QED) is 0.806. The van der Waals surface area contributed by atoms with Crippen molar-refractivity contribution in [1.82, 2.24) is 5.32 Å². The lowest BCUT2D eigenvalue weighted by atomic mass is 9.88. The zero-order chi connectivity index (χ0) is 10.8. The van der Waals surface area contributed by atoms with Gasteiger partial charge >= 0.3 is 0 Å². The highest BCUT2D eigenvalue weighted by Crippen LogP contribution is 2.20. The molecule has 0 aliphatic heterocycles. The van der Waals surface area contributed by atoms with Crippen LogP contribution in [-0.4, -0.2) is 6.04 Å².